The van der Waals surface area contributed by atoms with Gasteiger partial charge in [0.1, 0.15) is 5.75 Å². The Morgan fingerprint density at radius 3 is 2.09 bits per heavy atom. The molecule has 1 heterocycles. The van der Waals surface area contributed by atoms with Crippen molar-refractivity contribution in [3.63, 3.8) is 0 Å². The van der Waals surface area contributed by atoms with Gasteiger partial charge in [-0.15, -0.1) is 0 Å². The molecule has 1 saturated carbocycles. The fourth-order valence-electron chi connectivity index (χ4n) is 5.16. The minimum atomic E-state index is -4.35. The fraction of sp³-hybridized carbons (Fsp3) is 0.471. The lowest BCUT2D eigenvalue weighted by Gasteiger charge is -2.32. The van der Waals surface area contributed by atoms with Gasteiger partial charge in [-0.3, -0.25) is 0 Å². The molecule has 3 aromatic rings. The molecule has 3 aromatic carbocycles. The first-order valence-corrected chi connectivity index (χ1v) is 16.2. The van der Waals surface area contributed by atoms with Gasteiger partial charge in [-0.25, -0.2) is 0 Å². The Morgan fingerprint density at radius 1 is 0.955 bits per heavy atom. The highest BCUT2D eigenvalue weighted by atomic mass is 79.9. The van der Waals surface area contributed by atoms with Crippen LogP contribution in [-0.2, 0) is 26.2 Å². The predicted octanol–water partition coefficient (Wildman–Crippen LogP) is 9.06. The van der Waals surface area contributed by atoms with E-state index in [1.165, 1.54) is 12.1 Å². The molecule has 1 saturated heterocycles. The summed E-state index contributed by atoms with van der Waals surface area (Å²) in [5, 5.41) is 10.5. The van der Waals surface area contributed by atoms with Crippen LogP contribution in [0.1, 0.15) is 82.6 Å². The van der Waals surface area contributed by atoms with Gasteiger partial charge in [0.15, 0.2) is 0 Å². The molecule has 1 N–H and O–H groups in total. The smallest absolute Gasteiger partial charge is 0.497 e. The van der Waals surface area contributed by atoms with Crippen LogP contribution in [0.15, 0.2) is 54.6 Å². The third-order valence-corrected chi connectivity index (χ3v) is 9.96. The largest absolute Gasteiger partial charge is 0.498 e. The molecule has 2 fully saturated rings. The van der Waals surface area contributed by atoms with Crippen molar-refractivity contribution in [1.82, 2.24) is 0 Å². The van der Waals surface area contributed by atoms with E-state index in [1.54, 1.807) is 13.2 Å². The van der Waals surface area contributed by atoms with Crippen LogP contribution in [0.4, 0.5) is 13.2 Å². The Labute approximate surface area is 272 Å². The fourth-order valence-corrected chi connectivity index (χ4v) is 5.84. The van der Waals surface area contributed by atoms with Crippen molar-refractivity contribution in [3.05, 3.63) is 81.9 Å². The van der Waals surface area contributed by atoms with E-state index in [-0.39, 0.29) is 23.2 Å². The van der Waals surface area contributed by atoms with E-state index in [4.69, 9.17) is 25.6 Å². The maximum atomic E-state index is 12.8. The van der Waals surface area contributed by atoms with Gasteiger partial charge < -0.3 is 19.2 Å². The molecule has 0 aromatic heterocycles. The molecule has 238 valence electrons. The van der Waals surface area contributed by atoms with E-state index < -0.39 is 18.9 Å². The molecule has 2 aliphatic rings. The highest BCUT2D eigenvalue weighted by Gasteiger charge is 2.53. The number of rotatable bonds is 7. The van der Waals surface area contributed by atoms with Gasteiger partial charge in [0.25, 0.3) is 0 Å². The van der Waals surface area contributed by atoms with Gasteiger partial charge >= 0.3 is 13.3 Å². The summed E-state index contributed by atoms with van der Waals surface area (Å²) in [7, 11) is 1.21. The number of halogens is 5. The molecule has 1 aliphatic carbocycles. The summed E-state index contributed by atoms with van der Waals surface area (Å²) in [5.74, 6) is 1.08. The van der Waals surface area contributed by atoms with Crippen molar-refractivity contribution in [2.45, 2.75) is 88.4 Å². The van der Waals surface area contributed by atoms with Crippen LogP contribution in [0.25, 0.3) is 11.1 Å². The average Bonchev–Trinajstić information content (AvgIpc) is 3.73. The molecule has 1 aliphatic heterocycles. The first kappa shape index (κ1) is 34.8. The lowest BCUT2D eigenvalue weighted by atomic mass is 9.76. The summed E-state index contributed by atoms with van der Waals surface area (Å²) < 4.78 is 56.3. The van der Waals surface area contributed by atoms with Crippen LogP contribution in [0.2, 0.25) is 5.02 Å². The first-order valence-electron chi connectivity index (χ1n) is 14.7. The molecule has 0 bridgehead atoms. The number of alkyl halides is 4. The summed E-state index contributed by atoms with van der Waals surface area (Å²) >= 11 is 9.52. The monoisotopic (exact) mass is 694 g/mol. The second-order valence-electron chi connectivity index (χ2n) is 12.9. The number of ether oxygens (including phenoxy) is 1. The number of hydrogen-bond acceptors (Lipinski definition) is 4. The topological polar surface area (TPSA) is 47.9 Å². The molecule has 44 heavy (non-hydrogen) atoms. The van der Waals surface area contributed by atoms with Crippen molar-refractivity contribution in [3.8, 4) is 16.9 Å². The summed E-state index contributed by atoms with van der Waals surface area (Å²) in [6.07, 6.45) is -2.30. The Bertz CT molecular complexity index is 1470. The zero-order valence-electron chi connectivity index (χ0n) is 26.2. The van der Waals surface area contributed by atoms with Crippen LogP contribution in [-0.4, -0.2) is 37.1 Å². The number of aliphatic hydroxyl groups excluding tert-OH is 1. The van der Waals surface area contributed by atoms with E-state index in [0.717, 1.165) is 52.4 Å². The summed E-state index contributed by atoms with van der Waals surface area (Å²) in [5.41, 5.74) is 3.69. The number of methoxy groups -OCH3 is 1. The van der Waals surface area contributed by atoms with Gasteiger partial charge in [0, 0.05) is 26.8 Å². The number of benzene rings is 3. The van der Waals surface area contributed by atoms with Crippen molar-refractivity contribution in [2.75, 3.05) is 13.7 Å². The van der Waals surface area contributed by atoms with E-state index in [2.05, 4.69) is 35.8 Å². The summed E-state index contributed by atoms with van der Waals surface area (Å²) in [4.78, 5) is 0. The molecule has 0 radical (unpaired) electrons. The summed E-state index contributed by atoms with van der Waals surface area (Å²) in [6, 6.07) is 15.5. The molecular formula is C34H40BBrClF3O4. The van der Waals surface area contributed by atoms with Crippen LogP contribution >= 0.6 is 27.5 Å². The number of aliphatic hydroxyl groups is 1. The predicted molar refractivity (Wildman–Crippen MR) is 175 cm³/mol. The SMILES string of the molecule is CC(C)c1ccc(Cl)c(-c2ccc(C(F)(F)F)cc2CBr)c1.COc1ccc(C2(CO)CC2)cc1B1OC(C)(C)C(C)(C)O1. The van der Waals surface area contributed by atoms with Crippen molar-refractivity contribution < 1.29 is 32.3 Å². The average molecular weight is 696 g/mol. The van der Waals surface area contributed by atoms with Crippen molar-refractivity contribution >= 4 is 40.1 Å². The van der Waals surface area contributed by atoms with E-state index >= 15 is 0 Å². The zero-order chi connectivity index (χ0) is 32.7. The number of hydrogen-bond donors (Lipinski definition) is 1. The Hall–Kier alpha value is -2.04. The lowest BCUT2D eigenvalue weighted by Crippen LogP contribution is -2.41. The molecule has 0 unspecified atom stereocenters. The van der Waals surface area contributed by atoms with Gasteiger partial charge in [-0.2, -0.15) is 13.2 Å². The first-order chi connectivity index (χ1) is 20.5. The van der Waals surface area contributed by atoms with Gasteiger partial charge in [0.05, 0.1) is 30.5 Å². The maximum absolute atomic E-state index is 12.8. The van der Waals surface area contributed by atoms with Crippen LogP contribution < -0.4 is 10.2 Å². The minimum Gasteiger partial charge on any atom is -0.497 e. The van der Waals surface area contributed by atoms with E-state index in [9.17, 15) is 18.3 Å². The third-order valence-electron chi connectivity index (χ3n) is 9.03. The highest BCUT2D eigenvalue weighted by molar-refractivity contribution is 9.08. The van der Waals surface area contributed by atoms with Crippen LogP contribution in [0.3, 0.4) is 0 Å². The summed E-state index contributed by atoms with van der Waals surface area (Å²) in [6.45, 7) is 12.5. The van der Waals surface area contributed by atoms with E-state index in [0.29, 0.717) is 21.8 Å². The Balaban J connectivity index is 0.000000201. The van der Waals surface area contributed by atoms with Gasteiger partial charge in [-0.05, 0) is 99.0 Å². The Morgan fingerprint density at radius 2 is 1.59 bits per heavy atom. The van der Waals surface area contributed by atoms with E-state index in [1.807, 2.05) is 52.0 Å². The zero-order valence-corrected chi connectivity index (χ0v) is 28.6. The highest BCUT2D eigenvalue weighted by Crippen LogP contribution is 2.48. The molecule has 0 spiro atoms. The third kappa shape index (κ3) is 7.17. The molecular weight excluding hydrogens is 656 g/mol. The van der Waals surface area contributed by atoms with Gasteiger partial charge in [0.2, 0.25) is 0 Å². The van der Waals surface area contributed by atoms with Crippen molar-refractivity contribution in [1.29, 1.82) is 0 Å². The van der Waals surface area contributed by atoms with Gasteiger partial charge in [-0.1, -0.05) is 65.6 Å². The minimum absolute atomic E-state index is 0.0787. The Kier molecular flexibility index (Phi) is 10.3. The van der Waals surface area contributed by atoms with Crippen molar-refractivity contribution in [2.24, 2.45) is 0 Å². The standard InChI is InChI=1S/C17H25BO4.C17H15BrClF3/c1-15(2)16(3,4)22-18(21-15)13-10-12(6-7-14(13)20-5)17(11-19)8-9-17;1-10(2)11-3-6-16(19)15(8-11)14-5-4-13(17(20,21)22)7-12(14)9-18/h6-7,10,19H,8-9,11H2,1-5H3;3-8,10H,9H2,1-2H3. The molecule has 0 amide bonds. The quantitative estimate of drug-likeness (QED) is 0.198. The normalized spacial score (nSPS) is 18.2. The second kappa shape index (κ2) is 13.0. The molecule has 4 nitrogen and oxygen atoms in total. The molecule has 10 heteroatoms. The second-order valence-corrected chi connectivity index (χ2v) is 13.8. The lowest BCUT2D eigenvalue weighted by molar-refractivity contribution is -0.137. The maximum Gasteiger partial charge on any atom is 0.498 e. The van der Waals surface area contributed by atoms with Crippen LogP contribution in [0, 0.1) is 0 Å². The molecule has 5 rings (SSSR count). The van der Waals surface area contributed by atoms with Crippen LogP contribution in [0.5, 0.6) is 5.75 Å². The molecule has 0 atom stereocenters.